The van der Waals surface area contributed by atoms with Crippen LogP contribution in [0.1, 0.15) is 44.9 Å². The molecule has 1 aliphatic carbocycles. The summed E-state index contributed by atoms with van der Waals surface area (Å²) in [6.45, 7) is 2.94. The first-order chi connectivity index (χ1) is 8.31. The monoisotopic (exact) mass is 237 g/mol. The molecule has 0 radical (unpaired) electrons. The number of rotatable bonds is 5. The van der Waals surface area contributed by atoms with Crippen LogP contribution in [0.25, 0.3) is 0 Å². The average Bonchev–Trinajstić information content (AvgIpc) is 2.97. The van der Waals surface area contributed by atoms with E-state index in [1.807, 2.05) is 4.90 Å². The first-order valence-electron chi connectivity index (χ1n) is 6.33. The van der Waals surface area contributed by atoms with Gasteiger partial charge in [0, 0.05) is 12.6 Å². The van der Waals surface area contributed by atoms with Crippen molar-refractivity contribution in [3.8, 4) is 0 Å². The Kier molecular flexibility index (Phi) is 4.06. The normalized spacial score (nSPS) is 16.3. The fourth-order valence-corrected chi connectivity index (χ4v) is 2.46. The largest absolute Gasteiger partial charge is 0.339 e. The lowest BCUT2D eigenvalue weighted by molar-refractivity contribution is -0.132. The molecule has 0 aliphatic heterocycles. The zero-order chi connectivity index (χ0) is 12.1. The van der Waals surface area contributed by atoms with E-state index in [0.29, 0.717) is 11.9 Å². The van der Waals surface area contributed by atoms with Crippen molar-refractivity contribution in [2.24, 2.45) is 0 Å². The van der Waals surface area contributed by atoms with Crippen LogP contribution in [0.15, 0.2) is 0 Å². The van der Waals surface area contributed by atoms with Crippen LogP contribution in [0.5, 0.6) is 0 Å². The van der Waals surface area contributed by atoms with Gasteiger partial charge < -0.3 is 4.90 Å². The number of hydrogen-bond acceptors (Lipinski definition) is 4. The molecule has 6 nitrogen and oxygen atoms in total. The maximum Gasteiger partial charge on any atom is 0.230 e. The van der Waals surface area contributed by atoms with E-state index < -0.39 is 0 Å². The van der Waals surface area contributed by atoms with Crippen LogP contribution in [0.2, 0.25) is 0 Å². The van der Waals surface area contributed by atoms with Crippen LogP contribution < -0.4 is 0 Å². The first kappa shape index (κ1) is 12.0. The number of carbonyl (C=O) groups is 1. The molecule has 6 heteroatoms. The Balaban J connectivity index is 1.97. The van der Waals surface area contributed by atoms with Gasteiger partial charge >= 0.3 is 0 Å². The summed E-state index contributed by atoms with van der Waals surface area (Å²) in [7, 11) is 0. The quantitative estimate of drug-likeness (QED) is 0.826. The third-order valence-corrected chi connectivity index (χ3v) is 3.25. The van der Waals surface area contributed by atoms with E-state index in [4.69, 9.17) is 0 Å². The highest BCUT2D eigenvalue weighted by Gasteiger charge is 2.26. The Morgan fingerprint density at radius 3 is 2.82 bits per heavy atom. The van der Waals surface area contributed by atoms with E-state index in [9.17, 15) is 4.79 Å². The minimum absolute atomic E-state index is 0.125. The summed E-state index contributed by atoms with van der Waals surface area (Å²) >= 11 is 0. The second-order valence-electron chi connectivity index (χ2n) is 4.53. The van der Waals surface area contributed by atoms with Crippen LogP contribution in [-0.4, -0.2) is 44.0 Å². The molecule has 1 amide bonds. The van der Waals surface area contributed by atoms with Crippen LogP contribution in [0.4, 0.5) is 0 Å². The Morgan fingerprint density at radius 2 is 2.24 bits per heavy atom. The first-order valence-corrected chi connectivity index (χ1v) is 6.33. The molecule has 1 saturated carbocycles. The SMILES string of the molecule is CCCN(C(=O)Cc1nn[nH]n1)C1CCCC1. The van der Waals surface area contributed by atoms with E-state index in [1.54, 1.807) is 0 Å². The molecule has 1 fully saturated rings. The zero-order valence-electron chi connectivity index (χ0n) is 10.2. The summed E-state index contributed by atoms with van der Waals surface area (Å²) in [4.78, 5) is 14.2. The van der Waals surface area contributed by atoms with Gasteiger partial charge in [0.1, 0.15) is 0 Å². The fourth-order valence-electron chi connectivity index (χ4n) is 2.46. The summed E-state index contributed by atoms with van der Waals surface area (Å²) in [6.07, 6.45) is 6.00. The van der Waals surface area contributed by atoms with Gasteiger partial charge in [0.05, 0.1) is 6.42 Å². The number of H-pyrrole nitrogens is 1. The summed E-state index contributed by atoms with van der Waals surface area (Å²) in [6, 6.07) is 0.425. The maximum absolute atomic E-state index is 12.2. The van der Waals surface area contributed by atoms with Crippen molar-refractivity contribution in [1.82, 2.24) is 25.5 Å². The summed E-state index contributed by atoms with van der Waals surface area (Å²) in [5.41, 5.74) is 0. The molecule has 1 aromatic rings. The number of nitrogens with zero attached hydrogens (tertiary/aromatic N) is 4. The number of amides is 1. The van der Waals surface area contributed by atoms with E-state index >= 15 is 0 Å². The van der Waals surface area contributed by atoms with E-state index in [1.165, 1.54) is 12.8 Å². The molecule has 1 aliphatic rings. The molecule has 0 unspecified atom stereocenters. The molecule has 1 aromatic heterocycles. The molecule has 0 spiro atoms. The Bertz CT molecular complexity index is 345. The van der Waals surface area contributed by atoms with Gasteiger partial charge in [0.15, 0.2) is 5.82 Å². The van der Waals surface area contributed by atoms with Gasteiger partial charge in [-0.2, -0.15) is 5.21 Å². The number of carbonyl (C=O) groups excluding carboxylic acids is 1. The van der Waals surface area contributed by atoms with Crippen LogP contribution in [0.3, 0.4) is 0 Å². The highest BCUT2D eigenvalue weighted by molar-refractivity contribution is 5.78. The van der Waals surface area contributed by atoms with Crippen molar-refractivity contribution in [1.29, 1.82) is 0 Å². The number of hydrogen-bond donors (Lipinski definition) is 1. The lowest BCUT2D eigenvalue weighted by Gasteiger charge is -2.28. The lowest BCUT2D eigenvalue weighted by Crippen LogP contribution is -2.40. The smallest absolute Gasteiger partial charge is 0.230 e. The number of aromatic amines is 1. The fraction of sp³-hybridized carbons (Fsp3) is 0.818. The molecule has 0 saturated heterocycles. The molecular formula is C11H19N5O. The predicted octanol–water partition coefficient (Wildman–Crippen LogP) is 0.923. The van der Waals surface area contributed by atoms with Gasteiger partial charge in [-0.1, -0.05) is 25.0 Å². The van der Waals surface area contributed by atoms with Crippen molar-refractivity contribution in [2.75, 3.05) is 6.54 Å². The van der Waals surface area contributed by atoms with Crippen molar-refractivity contribution in [2.45, 2.75) is 51.5 Å². The van der Waals surface area contributed by atoms with Crippen LogP contribution in [0, 0.1) is 0 Å². The Hall–Kier alpha value is -1.46. The predicted molar refractivity (Wildman–Crippen MR) is 62.1 cm³/mol. The van der Waals surface area contributed by atoms with Gasteiger partial charge in [-0.3, -0.25) is 4.79 Å². The van der Waals surface area contributed by atoms with Gasteiger partial charge in [0.25, 0.3) is 0 Å². The molecule has 17 heavy (non-hydrogen) atoms. The highest BCUT2D eigenvalue weighted by atomic mass is 16.2. The van der Waals surface area contributed by atoms with Crippen LogP contribution in [-0.2, 0) is 11.2 Å². The zero-order valence-corrected chi connectivity index (χ0v) is 10.2. The highest BCUT2D eigenvalue weighted by Crippen LogP contribution is 2.24. The molecule has 1 heterocycles. The van der Waals surface area contributed by atoms with Crippen molar-refractivity contribution in [3.05, 3.63) is 5.82 Å². The second kappa shape index (κ2) is 5.75. The Morgan fingerprint density at radius 1 is 1.47 bits per heavy atom. The minimum Gasteiger partial charge on any atom is -0.339 e. The Labute approximate surface area is 101 Å². The summed E-state index contributed by atoms with van der Waals surface area (Å²) in [5.74, 6) is 0.606. The molecule has 1 N–H and O–H groups in total. The standard InChI is InChI=1S/C11H19N5O/c1-2-7-16(9-5-3-4-6-9)11(17)8-10-12-14-15-13-10/h9H,2-8H2,1H3,(H,12,13,14,15). The molecule has 2 rings (SSSR count). The van der Waals surface area contributed by atoms with Gasteiger partial charge in [-0.25, -0.2) is 0 Å². The molecule has 0 aromatic carbocycles. The number of tetrazole rings is 1. The van der Waals surface area contributed by atoms with E-state index in [2.05, 4.69) is 27.5 Å². The van der Waals surface area contributed by atoms with E-state index in [-0.39, 0.29) is 12.3 Å². The summed E-state index contributed by atoms with van der Waals surface area (Å²) in [5, 5.41) is 13.5. The lowest BCUT2D eigenvalue weighted by atomic mass is 10.2. The van der Waals surface area contributed by atoms with Gasteiger partial charge in [0.2, 0.25) is 5.91 Å². The number of nitrogens with one attached hydrogen (secondary N) is 1. The van der Waals surface area contributed by atoms with Crippen molar-refractivity contribution in [3.63, 3.8) is 0 Å². The van der Waals surface area contributed by atoms with Gasteiger partial charge in [-0.15, -0.1) is 10.2 Å². The molecular weight excluding hydrogens is 218 g/mol. The summed E-state index contributed by atoms with van der Waals surface area (Å²) < 4.78 is 0. The third-order valence-electron chi connectivity index (χ3n) is 3.25. The van der Waals surface area contributed by atoms with Crippen molar-refractivity contribution >= 4 is 5.91 Å². The minimum atomic E-state index is 0.125. The second-order valence-corrected chi connectivity index (χ2v) is 4.53. The van der Waals surface area contributed by atoms with Crippen LogP contribution >= 0.6 is 0 Å². The molecule has 0 bridgehead atoms. The third kappa shape index (κ3) is 3.01. The maximum atomic E-state index is 12.2. The average molecular weight is 237 g/mol. The van der Waals surface area contributed by atoms with Gasteiger partial charge in [-0.05, 0) is 19.3 Å². The number of aromatic nitrogens is 4. The topological polar surface area (TPSA) is 74.8 Å². The molecule has 0 atom stereocenters. The van der Waals surface area contributed by atoms with E-state index in [0.717, 1.165) is 25.8 Å². The molecule has 94 valence electrons. The van der Waals surface area contributed by atoms with Crippen molar-refractivity contribution < 1.29 is 4.79 Å².